The van der Waals surface area contributed by atoms with E-state index in [1.807, 2.05) is 12.1 Å². The lowest BCUT2D eigenvalue weighted by Gasteiger charge is -2.17. The molecule has 1 atom stereocenters. The number of hydrogen-bond donors (Lipinski definition) is 1. The van der Waals surface area contributed by atoms with Crippen LogP contribution in [0.25, 0.3) is 0 Å². The normalized spacial score (nSPS) is 16.3. The Morgan fingerprint density at radius 3 is 2.89 bits per heavy atom. The van der Waals surface area contributed by atoms with Crippen molar-refractivity contribution in [3.05, 3.63) is 35.4 Å². The Bertz CT molecular complexity index is 413. The Morgan fingerprint density at radius 2 is 2.28 bits per heavy atom. The van der Waals surface area contributed by atoms with Gasteiger partial charge in [-0.2, -0.15) is 0 Å². The molecule has 0 amide bonds. The average Bonchev–Trinajstić information content (AvgIpc) is 3.23. The molecule has 0 saturated heterocycles. The van der Waals surface area contributed by atoms with E-state index in [1.54, 1.807) is 0 Å². The van der Waals surface area contributed by atoms with Gasteiger partial charge in [0.2, 0.25) is 0 Å². The quantitative estimate of drug-likeness (QED) is 0.786. The standard InChI is InChI=1S/C15H21NO2/c1-3-9-16-14(15(17)18-2)13-6-4-5-12(10-13)11-7-8-11/h4-6,10-11,14,16H,3,7-9H2,1-2H3. The lowest BCUT2D eigenvalue weighted by atomic mass is 10.0. The Kier molecular flexibility index (Phi) is 4.37. The highest BCUT2D eigenvalue weighted by atomic mass is 16.5. The number of ether oxygens (including phenoxy) is 1. The maximum atomic E-state index is 11.8. The van der Waals surface area contributed by atoms with E-state index in [4.69, 9.17) is 4.74 Å². The topological polar surface area (TPSA) is 38.3 Å². The van der Waals surface area contributed by atoms with Gasteiger partial charge < -0.3 is 10.1 Å². The van der Waals surface area contributed by atoms with Crippen LogP contribution in [0, 0.1) is 0 Å². The Hall–Kier alpha value is -1.35. The van der Waals surface area contributed by atoms with Crippen LogP contribution in [0.4, 0.5) is 0 Å². The molecule has 0 aliphatic heterocycles. The van der Waals surface area contributed by atoms with Gasteiger partial charge in [-0.15, -0.1) is 0 Å². The molecule has 3 nitrogen and oxygen atoms in total. The molecule has 1 N–H and O–H groups in total. The molecule has 2 rings (SSSR count). The number of esters is 1. The summed E-state index contributed by atoms with van der Waals surface area (Å²) >= 11 is 0. The highest BCUT2D eigenvalue weighted by Crippen LogP contribution is 2.40. The second-order valence-electron chi connectivity index (χ2n) is 4.85. The van der Waals surface area contributed by atoms with E-state index in [1.165, 1.54) is 25.5 Å². The van der Waals surface area contributed by atoms with Gasteiger partial charge in [0.1, 0.15) is 6.04 Å². The third kappa shape index (κ3) is 3.10. The molecule has 1 unspecified atom stereocenters. The first-order chi connectivity index (χ1) is 8.76. The maximum Gasteiger partial charge on any atom is 0.327 e. The molecule has 1 aliphatic carbocycles. The predicted octanol–water partition coefficient (Wildman–Crippen LogP) is 2.78. The van der Waals surface area contributed by atoms with Gasteiger partial charge in [0, 0.05) is 0 Å². The molecule has 1 fully saturated rings. The van der Waals surface area contributed by atoms with E-state index in [9.17, 15) is 4.79 Å². The minimum absolute atomic E-state index is 0.212. The van der Waals surface area contributed by atoms with Crippen molar-refractivity contribution in [3.8, 4) is 0 Å². The summed E-state index contributed by atoms with van der Waals surface area (Å²) in [5, 5.41) is 3.25. The first-order valence-corrected chi connectivity index (χ1v) is 6.67. The Labute approximate surface area is 109 Å². The van der Waals surface area contributed by atoms with E-state index in [0.717, 1.165) is 18.5 Å². The number of carbonyl (C=O) groups excluding carboxylic acids is 1. The SMILES string of the molecule is CCCNC(C(=O)OC)c1cccc(C2CC2)c1. The van der Waals surface area contributed by atoms with E-state index in [-0.39, 0.29) is 12.0 Å². The highest BCUT2D eigenvalue weighted by Gasteiger charge is 2.26. The summed E-state index contributed by atoms with van der Waals surface area (Å²) in [4.78, 5) is 11.8. The van der Waals surface area contributed by atoms with Crippen molar-refractivity contribution < 1.29 is 9.53 Å². The van der Waals surface area contributed by atoms with Crippen LogP contribution >= 0.6 is 0 Å². The largest absolute Gasteiger partial charge is 0.468 e. The molecule has 18 heavy (non-hydrogen) atoms. The molecule has 0 aromatic heterocycles. The molecule has 1 saturated carbocycles. The summed E-state index contributed by atoms with van der Waals surface area (Å²) in [5.74, 6) is 0.491. The van der Waals surface area contributed by atoms with Gasteiger partial charge in [0.05, 0.1) is 7.11 Å². The molecule has 1 aromatic rings. The molecule has 0 bridgehead atoms. The number of hydrogen-bond acceptors (Lipinski definition) is 3. The summed E-state index contributed by atoms with van der Waals surface area (Å²) in [6.07, 6.45) is 3.54. The van der Waals surface area contributed by atoms with Gasteiger partial charge in [0.15, 0.2) is 0 Å². The molecule has 0 radical (unpaired) electrons. The van der Waals surface area contributed by atoms with Crippen molar-refractivity contribution in [2.75, 3.05) is 13.7 Å². The summed E-state index contributed by atoms with van der Waals surface area (Å²) in [6.45, 7) is 2.90. The molecular weight excluding hydrogens is 226 g/mol. The summed E-state index contributed by atoms with van der Waals surface area (Å²) in [6, 6.07) is 7.98. The van der Waals surface area contributed by atoms with Crippen molar-refractivity contribution in [1.82, 2.24) is 5.32 Å². The van der Waals surface area contributed by atoms with Gasteiger partial charge in [0.25, 0.3) is 0 Å². The van der Waals surface area contributed by atoms with Crippen molar-refractivity contribution in [1.29, 1.82) is 0 Å². The van der Waals surface area contributed by atoms with E-state index < -0.39 is 0 Å². The van der Waals surface area contributed by atoms with Crippen LogP contribution in [0.1, 0.15) is 49.3 Å². The molecule has 98 valence electrons. The van der Waals surface area contributed by atoms with Crippen molar-refractivity contribution in [3.63, 3.8) is 0 Å². The van der Waals surface area contributed by atoms with E-state index in [2.05, 4.69) is 24.4 Å². The van der Waals surface area contributed by atoms with Gasteiger partial charge in [-0.25, -0.2) is 4.79 Å². The third-order valence-corrected chi connectivity index (χ3v) is 3.33. The predicted molar refractivity (Wildman–Crippen MR) is 71.5 cm³/mol. The lowest BCUT2D eigenvalue weighted by Crippen LogP contribution is -2.30. The molecular formula is C15H21NO2. The number of benzene rings is 1. The summed E-state index contributed by atoms with van der Waals surface area (Å²) in [5.41, 5.74) is 2.36. The van der Waals surface area contributed by atoms with Crippen LogP contribution < -0.4 is 5.32 Å². The smallest absolute Gasteiger partial charge is 0.327 e. The van der Waals surface area contributed by atoms with Crippen LogP contribution in [0.2, 0.25) is 0 Å². The van der Waals surface area contributed by atoms with Crippen LogP contribution in [-0.4, -0.2) is 19.6 Å². The lowest BCUT2D eigenvalue weighted by molar-refractivity contribution is -0.143. The first-order valence-electron chi connectivity index (χ1n) is 6.67. The Morgan fingerprint density at radius 1 is 1.50 bits per heavy atom. The Balaban J connectivity index is 2.17. The molecule has 0 spiro atoms. The van der Waals surface area contributed by atoms with E-state index in [0.29, 0.717) is 5.92 Å². The van der Waals surface area contributed by atoms with Gasteiger partial charge in [-0.3, -0.25) is 0 Å². The monoisotopic (exact) mass is 247 g/mol. The number of carbonyl (C=O) groups is 1. The zero-order chi connectivity index (χ0) is 13.0. The van der Waals surface area contributed by atoms with E-state index >= 15 is 0 Å². The van der Waals surface area contributed by atoms with Crippen LogP contribution in [0.3, 0.4) is 0 Å². The van der Waals surface area contributed by atoms with Crippen molar-refractivity contribution in [2.24, 2.45) is 0 Å². The summed E-state index contributed by atoms with van der Waals surface area (Å²) in [7, 11) is 1.44. The first kappa shape index (κ1) is 13.1. The minimum atomic E-state index is -0.339. The zero-order valence-corrected chi connectivity index (χ0v) is 11.1. The molecule has 1 aliphatic rings. The zero-order valence-electron chi connectivity index (χ0n) is 11.1. The van der Waals surface area contributed by atoms with Crippen molar-refractivity contribution >= 4 is 5.97 Å². The minimum Gasteiger partial charge on any atom is -0.468 e. The second-order valence-corrected chi connectivity index (χ2v) is 4.85. The average molecular weight is 247 g/mol. The van der Waals surface area contributed by atoms with Crippen molar-refractivity contribution in [2.45, 2.75) is 38.1 Å². The fourth-order valence-corrected chi connectivity index (χ4v) is 2.15. The third-order valence-electron chi connectivity index (χ3n) is 3.33. The maximum absolute atomic E-state index is 11.8. The number of methoxy groups -OCH3 is 1. The van der Waals surface area contributed by atoms with Gasteiger partial charge in [-0.05, 0) is 42.9 Å². The highest BCUT2D eigenvalue weighted by molar-refractivity contribution is 5.77. The summed E-state index contributed by atoms with van der Waals surface area (Å²) < 4.78 is 4.88. The van der Waals surface area contributed by atoms with Crippen LogP contribution in [0.15, 0.2) is 24.3 Å². The number of rotatable bonds is 6. The molecule has 3 heteroatoms. The van der Waals surface area contributed by atoms with Crippen LogP contribution in [0.5, 0.6) is 0 Å². The number of nitrogens with one attached hydrogen (secondary N) is 1. The molecule has 0 heterocycles. The molecule has 1 aromatic carbocycles. The second kappa shape index (κ2) is 6.01. The fourth-order valence-electron chi connectivity index (χ4n) is 2.15. The van der Waals surface area contributed by atoms with Crippen LogP contribution in [-0.2, 0) is 9.53 Å². The van der Waals surface area contributed by atoms with Gasteiger partial charge >= 0.3 is 5.97 Å². The van der Waals surface area contributed by atoms with Gasteiger partial charge in [-0.1, -0.05) is 31.2 Å². The fraction of sp³-hybridized carbons (Fsp3) is 0.533.